The Hall–Kier alpha value is -2.73. The summed E-state index contributed by atoms with van der Waals surface area (Å²) in [7, 11) is 0. The van der Waals surface area contributed by atoms with Crippen molar-refractivity contribution in [3.05, 3.63) is 58.0 Å². The molecule has 0 saturated heterocycles. The topological polar surface area (TPSA) is 76.0 Å². The summed E-state index contributed by atoms with van der Waals surface area (Å²) in [6, 6.07) is 9.28. The van der Waals surface area contributed by atoms with Gasteiger partial charge < -0.3 is 9.84 Å². The molecule has 4 rings (SSSR count). The summed E-state index contributed by atoms with van der Waals surface area (Å²) in [5.41, 5.74) is 2.04. The monoisotopic (exact) mass is 353 g/mol. The zero-order chi connectivity index (χ0) is 17.4. The van der Waals surface area contributed by atoms with Gasteiger partial charge in [0, 0.05) is 16.5 Å². The van der Waals surface area contributed by atoms with Crippen LogP contribution < -0.4 is 0 Å². The van der Waals surface area contributed by atoms with Crippen LogP contribution in [0.2, 0.25) is 0 Å². The zero-order valence-corrected chi connectivity index (χ0v) is 14.1. The van der Waals surface area contributed by atoms with Gasteiger partial charge in [0.25, 0.3) is 0 Å². The van der Waals surface area contributed by atoms with Crippen molar-refractivity contribution < 1.29 is 19.4 Å². The molecule has 0 radical (unpaired) electrons. The summed E-state index contributed by atoms with van der Waals surface area (Å²) in [6.45, 7) is 0. The summed E-state index contributed by atoms with van der Waals surface area (Å²) in [4.78, 5) is 29.3. The molecule has 5 nitrogen and oxygen atoms in total. The number of aromatic carboxylic acids is 1. The first-order valence-corrected chi connectivity index (χ1v) is 8.91. The van der Waals surface area contributed by atoms with Gasteiger partial charge in [-0.3, -0.25) is 0 Å². The molecule has 126 valence electrons. The molecule has 0 atom stereocenters. The Morgan fingerprint density at radius 3 is 2.68 bits per heavy atom. The van der Waals surface area contributed by atoms with Crippen LogP contribution in [0.3, 0.4) is 0 Å². The number of hydrogen-bond donors (Lipinski definition) is 1. The summed E-state index contributed by atoms with van der Waals surface area (Å²) < 4.78 is 5.28. The Morgan fingerprint density at radius 1 is 1.16 bits per heavy atom. The van der Waals surface area contributed by atoms with Crippen molar-refractivity contribution >= 4 is 39.7 Å². The third-order valence-corrected chi connectivity index (χ3v) is 5.51. The first-order valence-electron chi connectivity index (χ1n) is 8.09. The van der Waals surface area contributed by atoms with Crippen LogP contribution in [0.15, 0.2) is 41.4 Å². The lowest BCUT2D eigenvalue weighted by molar-refractivity contribution is -0.128. The third kappa shape index (κ3) is 2.89. The number of thiophene rings is 1. The fourth-order valence-electron chi connectivity index (χ4n) is 3.15. The van der Waals surface area contributed by atoms with Crippen molar-refractivity contribution in [2.75, 3.05) is 0 Å². The van der Waals surface area contributed by atoms with E-state index in [1.807, 2.05) is 30.3 Å². The van der Waals surface area contributed by atoms with Gasteiger partial charge in [-0.1, -0.05) is 30.3 Å². The van der Waals surface area contributed by atoms with Crippen LogP contribution in [0.5, 0.6) is 0 Å². The highest BCUT2D eigenvalue weighted by Crippen LogP contribution is 2.40. The molecule has 0 amide bonds. The van der Waals surface area contributed by atoms with Crippen LogP contribution in [-0.4, -0.2) is 22.8 Å². The highest BCUT2D eigenvalue weighted by molar-refractivity contribution is 7.16. The predicted octanol–water partition coefficient (Wildman–Crippen LogP) is 4.00. The van der Waals surface area contributed by atoms with E-state index in [1.165, 1.54) is 11.3 Å². The molecule has 0 unspecified atom stereocenters. The Labute approximate surface area is 148 Å². The van der Waals surface area contributed by atoms with E-state index < -0.39 is 11.9 Å². The number of carbonyl (C=O) groups is 2. The number of aliphatic imine (C=N–C) groups is 1. The molecule has 1 aliphatic heterocycles. The first kappa shape index (κ1) is 15.8. The smallest absolute Gasteiger partial charge is 0.362 e. The van der Waals surface area contributed by atoms with E-state index in [2.05, 4.69) is 4.99 Å². The summed E-state index contributed by atoms with van der Waals surface area (Å²) in [5.74, 6) is -1.11. The fourth-order valence-corrected chi connectivity index (χ4v) is 4.41. The number of ether oxygens (including phenoxy) is 1. The van der Waals surface area contributed by atoms with Crippen molar-refractivity contribution in [3.8, 4) is 0 Å². The lowest BCUT2D eigenvalue weighted by Crippen LogP contribution is -2.08. The van der Waals surface area contributed by atoms with Gasteiger partial charge >= 0.3 is 11.9 Å². The van der Waals surface area contributed by atoms with E-state index >= 15 is 0 Å². The number of rotatable bonds is 3. The summed E-state index contributed by atoms with van der Waals surface area (Å²) >= 11 is 1.37. The predicted molar refractivity (Wildman–Crippen MR) is 95.5 cm³/mol. The lowest BCUT2D eigenvalue weighted by atomic mass is 9.95. The van der Waals surface area contributed by atoms with Gasteiger partial charge in [0.2, 0.25) is 0 Å². The number of aryl methyl sites for hydroxylation is 1. The number of fused-ring (bicyclic) bond motifs is 1. The van der Waals surface area contributed by atoms with Crippen molar-refractivity contribution in [1.82, 2.24) is 0 Å². The largest absolute Gasteiger partial charge is 0.478 e. The number of carboxylic acid groups (broad SMARTS) is 1. The lowest BCUT2D eigenvalue weighted by Gasteiger charge is -2.10. The van der Waals surface area contributed by atoms with Crippen LogP contribution in [-0.2, 0) is 22.4 Å². The summed E-state index contributed by atoms with van der Waals surface area (Å²) in [5, 5.41) is 9.97. The first-order chi connectivity index (χ1) is 12.1. The van der Waals surface area contributed by atoms with Crippen LogP contribution in [0.25, 0.3) is 5.76 Å². The second kappa shape index (κ2) is 6.29. The van der Waals surface area contributed by atoms with Crippen LogP contribution in [0, 0.1) is 0 Å². The maximum atomic E-state index is 12.1. The highest BCUT2D eigenvalue weighted by atomic mass is 32.1. The van der Waals surface area contributed by atoms with E-state index in [1.54, 1.807) is 6.08 Å². The number of hydrogen-bond acceptors (Lipinski definition) is 5. The highest BCUT2D eigenvalue weighted by Gasteiger charge is 2.28. The van der Waals surface area contributed by atoms with Crippen LogP contribution in [0.4, 0.5) is 5.00 Å². The second-order valence-corrected chi connectivity index (χ2v) is 7.04. The van der Waals surface area contributed by atoms with Gasteiger partial charge in [0.1, 0.15) is 10.8 Å². The van der Waals surface area contributed by atoms with E-state index in [-0.39, 0.29) is 11.3 Å². The molecule has 2 aliphatic rings. The Balaban J connectivity index is 1.76. The number of carboxylic acids is 1. The fraction of sp³-hybridized carbons (Fsp3) is 0.211. The molecule has 2 aromatic rings. The van der Waals surface area contributed by atoms with Crippen molar-refractivity contribution in [2.45, 2.75) is 25.7 Å². The molecular formula is C19H15NO4S. The van der Waals surface area contributed by atoms with Gasteiger partial charge in [-0.15, -0.1) is 11.3 Å². The number of benzene rings is 1. The molecule has 1 aromatic heterocycles. The van der Waals surface area contributed by atoms with Gasteiger partial charge in [-0.25, -0.2) is 14.6 Å². The normalized spacial score (nSPS) is 18.0. The van der Waals surface area contributed by atoms with E-state index in [4.69, 9.17) is 4.74 Å². The minimum Gasteiger partial charge on any atom is -0.478 e. The quantitative estimate of drug-likeness (QED) is 0.847. The Kier molecular flexibility index (Phi) is 3.97. The van der Waals surface area contributed by atoms with Crippen molar-refractivity contribution in [2.24, 2.45) is 4.99 Å². The van der Waals surface area contributed by atoms with Gasteiger partial charge in [-0.2, -0.15) is 0 Å². The van der Waals surface area contributed by atoms with Gasteiger partial charge in [0.05, 0.1) is 5.56 Å². The zero-order valence-electron chi connectivity index (χ0n) is 13.3. The molecule has 0 bridgehead atoms. The molecule has 1 aliphatic carbocycles. The Morgan fingerprint density at radius 2 is 1.92 bits per heavy atom. The van der Waals surface area contributed by atoms with Crippen LogP contribution in [0.1, 0.15) is 39.2 Å². The standard InChI is InChI=1S/C19H15NO4S/c21-18(22)16-12-8-4-5-9-15(12)25-17(16)20-13-10-14(24-19(13)23)11-6-2-1-3-7-11/h1-3,6-7,10H,4-5,8-9H2,(H,21,22). The molecule has 0 fully saturated rings. The minimum atomic E-state index is -0.989. The third-order valence-electron chi connectivity index (χ3n) is 4.33. The molecule has 1 aromatic carbocycles. The average Bonchev–Trinajstić information content (AvgIpc) is 3.16. The number of carbonyl (C=O) groups excluding carboxylic acids is 1. The molecule has 2 heterocycles. The number of cyclic esters (lactones) is 1. The minimum absolute atomic E-state index is 0.139. The molecule has 1 N–H and O–H groups in total. The van der Waals surface area contributed by atoms with Gasteiger partial charge in [-0.05, 0) is 31.2 Å². The number of esters is 1. The molecule has 0 saturated carbocycles. The van der Waals surface area contributed by atoms with E-state index in [0.717, 1.165) is 41.7 Å². The molecule has 6 heteroatoms. The van der Waals surface area contributed by atoms with Crippen molar-refractivity contribution in [1.29, 1.82) is 0 Å². The Bertz CT molecular complexity index is 924. The van der Waals surface area contributed by atoms with E-state index in [9.17, 15) is 14.7 Å². The second-order valence-electron chi connectivity index (χ2n) is 5.96. The van der Waals surface area contributed by atoms with Crippen molar-refractivity contribution in [3.63, 3.8) is 0 Å². The maximum Gasteiger partial charge on any atom is 0.362 e. The summed E-state index contributed by atoms with van der Waals surface area (Å²) in [6.07, 6.45) is 5.25. The van der Waals surface area contributed by atoms with E-state index in [0.29, 0.717) is 10.8 Å². The SMILES string of the molecule is O=C1OC(c2ccccc2)=CC1=Nc1sc2c(c1C(=O)O)CCCC2. The molecule has 25 heavy (non-hydrogen) atoms. The number of nitrogens with zero attached hydrogens (tertiary/aromatic N) is 1. The molecular weight excluding hydrogens is 338 g/mol. The van der Waals surface area contributed by atoms with Crippen LogP contribution >= 0.6 is 11.3 Å². The molecule has 0 spiro atoms. The van der Waals surface area contributed by atoms with Gasteiger partial charge in [0.15, 0.2) is 5.71 Å². The average molecular weight is 353 g/mol. The maximum absolute atomic E-state index is 12.1.